The van der Waals surface area contributed by atoms with Crippen LogP contribution in [0.3, 0.4) is 0 Å². The molecule has 0 aromatic carbocycles. The minimum atomic E-state index is -0.723. The van der Waals surface area contributed by atoms with Crippen molar-refractivity contribution in [3.05, 3.63) is 0 Å². The molecule has 0 bridgehead atoms. The fourth-order valence-electron chi connectivity index (χ4n) is 0.515. The maximum atomic E-state index is 10.6. The Bertz CT molecular complexity index is 134. The van der Waals surface area contributed by atoms with E-state index in [0.29, 0.717) is 0 Å². The third-order valence-electron chi connectivity index (χ3n) is 0.978. The van der Waals surface area contributed by atoms with E-state index in [1.165, 1.54) is 10.8 Å². The monoisotopic (exact) mass is 209 g/mol. The predicted molar refractivity (Wildman–Crippen MR) is 55.7 cm³/mol. The van der Waals surface area contributed by atoms with Gasteiger partial charge in [-0.1, -0.05) is 0 Å². The van der Waals surface area contributed by atoms with Gasteiger partial charge < -0.3 is 4.55 Å². The lowest BCUT2D eigenvalue weighted by molar-refractivity contribution is 0.614. The van der Waals surface area contributed by atoms with Crippen LogP contribution < -0.4 is 0 Å². The molecule has 2 nitrogen and oxygen atoms in total. The molecule has 0 aliphatic carbocycles. The lowest BCUT2D eigenvalue weighted by atomic mass is 10.3. The summed E-state index contributed by atoms with van der Waals surface area (Å²) in [5.41, 5.74) is 0. The molecule has 0 aliphatic rings. The summed E-state index contributed by atoms with van der Waals surface area (Å²) in [4.78, 5) is 3.77. The minimum Gasteiger partial charge on any atom is -0.605 e. The van der Waals surface area contributed by atoms with Gasteiger partial charge in [0.25, 0.3) is 0 Å². The highest BCUT2D eigenvalue weighted by molar-refractivity contribution is 8.71. The van der Waals surface area contributed by atoms with Crippen molar-refractivity contribution in [3.63, 3.8) is 0 Å². The topological polar surface area (TPSA) is 35.4 Å². The van der Waals surface area contributed by atoms with E-state index >= 15 is 0 Å². The number of hydrogen-bond acceptors (Lipinski definition) is 4. The summed E-state index contributed by atoms with van der Waals surface area (Å²) in [6.07, 6.45) is 3.75. The molecule has 1 unspecified atom stereocenters. The Labute approximate surface area is 79.4 Å². The first-order valence-corrected chi connectivity index (χ1v) is 6.74. The molecule has 0 N–H and O–H groups in total. The predicted octanol–water partition coefficient (Wildman–Crippen LogP) is 1.90. The van der Waals surface area contributed by atoms with Crippen molar-refractivity contribution in [2.75, 3.05) is 18.6 Å². The number of unbranched alkanes of at least 4 members (excludes halogenated alkanes) is 1. The molecule has 0 aromatic heterocycles. The molecule has 0 aromatic rings. The van der Waals surface area contributed by atoms with E-state index in [1.807, 2.05) is 0 Å². The third-order valence-corrected chi connectivity index (χ3v) is 3.39. The van der Waals surface area contributed by atoms with Gasteiger partial charge in [0.1, 0.15) is 6.26 Å². The molecule has 0 saturated heterocycles. The second kappa shape index (κ2) is 8.56. The first-order valence-electron chi connectivity index (χ1n) is 3.27. The van der Waals surface area contributed by atoms with Crippen molar-refractivity contribution < 1.29 is 4.55 Å². The zero-order valence-corrected chi connectivity index (χ0v) is 8.86. The van der Waals surface area contributed by atoms with Gasteiger partial charge in [0.05, 0.1) is 16.0 Å². The first kappa shape index (κ1) is 11.5. The molecular weight excluding hydrogens is 198 g/mol. The van der Waals surface area contributed by atoms with E-state index in [0.717, 1.165) is 25.1 Å². The molecule has 0 radical (unpaired) electrons. The van der Waals surface area contributed by atoms with Crippen LogP contribution in [0, 0.1) is 0 Å². The fourth-order valence-corrected chi connectivity index (χ4v) is 2.22. The van der Waals surface area contributed by atoms with Crippen molar-refractivity contribution >= 4 is 38.4 Å². The molecule has 0 fully saturated rings. The molecule has 0 amide bonds. The van der Waals surface area contributed by atoms with Gasteiger partial charge in [0, 0.05) is 22.5 Å². The van der Waals surface area contributed by atoms with Gasteiger partial charge in [-0.25, -0.2) is 4.99 Å². The second-order valence-corrected chi connectivity index (χ2v) is 5.65. The Hall–Kier alpha value is 0.460. The van der Waals surface area contributed by atoms with E-state index in [9.17, 15) is 4.55 Å². The molecule has 11 heavy (non-hydrogen) atoms. The molecule has 0 saturated carbocycles. The normalized spacial score (nSPS) is 12.2. The summed E-state index contributed by atoms with van der Waals surface area (Å²) in [7, 11) is 0.750. The highest BCUT2D eigenvalue weighted by atomic mass is 33.1. The fraction of sp³-hybridized carbons (Fsp3) is 0.833. The molecular formula is C6H11NOS3. The van der Waals surface area contributed by atoms with Gasteiger partial charge in [0.2, 0.25) is 0 Å². The van der Waals surface area contributed by atoms with Crippen LogP contribution in [0.1, 0.15) is 12.8 Å². The lowest BCUT2D eigenvalue weighted by Crippen LogP contribution is -1.91. The molecule has 0 heterocycles. The van der Waals surface area contributed by atoms with Gasteiger partial charge in [-0.15, -0.1) is 0 Å². The molecule has 64 valence electrons. The highest BCUT2D eigenvalue weighted by Crippen LogP contribution is 2.11. The number of nitrogens with zero attached hydrogens (tertiary/aromatic N) is 1. The van der Waals surface area contributed by atoms with E-state index < -0.39 is 10.2 Å². The maximum absolute atomic E-state index is 10.6. The average Bonchev–Trinajstić information content (AvgIpc) is 1.96. The number of hydrogen-bond donors (Lipinski definition) is 0. The van der Waals surface area contributed by atoms with Gasteiger partial charge in [0.15, 0.2) is 0 Å². The largest absolute Gasteiger partial charge is 0.605 e. The van der Waals surface area contributed by atoms with Crippen LogP contribution in [0.5, 0.6) is 0 Å². The zero-order chi connectivity index (χ0) is 8.53. The Morgan fingerprint density at radius 1 is 1.64 bits per heavy atom. The Morgan fingerprint density at radius 2 is 2.36 bits per heavy atom. The Balaban J connectivity index is 2.96. The zero-order valence-electron chi connectivity index (χ0n) is 6.41. The Kier molecular flexibility index (Phi) is 8.91. The van der Waals surface area contributed by atoms with Crippen molar-refractivity contribution in [2.45, 2.75) is 12.8 Å². The summed E-state index contributed by atoms with van der Waals surface area (Å²) in [5.74, 6) is 0.941. The van der Waals surface area contributed by atoms with E-state index in [4.69, 9.17) is 0 Å². The number of aliphatic imine (C=N–C) groups is 1. The quantitative estimate of drug-likeness (QED) is 0.220. The highest BCUT2D eigenvalue weighted by Gasteiger charge is 1.97. The summed E-state index contributed by atoms with van der Waals surface area (Å²) in [5, 5.41) is 2.31. The van der Waals surface area contributed by atoms with Crippen LogP contribution in [0.15, 0.2) is 4.99 Å². The number of isothiocyanates is 1. The summed E-state index contributed by atoms with van der Waals surface area (Å²) >= 11 is 4.40. The Morgan fingerprint density at radius 3 is 2.91 bits per heavy atom. The van der Waals surface area contributed by atoms with E-state index in [-0.39, 0.29) is 0 Å². The van der Waals surface area contributed by atoms with Crippen LogP contribution in [-0.4, -0.2) is 28.3 Å². The lowest BCUT2D eigenvalue weighted by Gasteiger charge is -1.99. The van der Waals surface area contributed by atoms with Crippen LogP contribution >= 0.6 is 23.0 Å². The summed E-state index contributed by atoms with van der Waals surface area (Å²) in [6.45, 7) is 0.750. The number of rotatable bonds is 6. The van der Waals surface area contributed by atoms with Crippen molar-refractivity contribution in [3.8, 4) is 0 Å². The first-order chi connectivity index (χ1) is 5.27. The second-order valence-electron chi connectivity index (χ2n) is 1.90. The van der Waals surface area contributed by atoms with Crippen LogP contribution in [0.25, 0.3) is 0 Å². The summed E-state index contributed by atoms with van der Waals surface area (Å²) in [6, 6.07) is 0. The van der Waals surface area contributed by atoms with Gasteiger partial charge in [-0.05, 0) is 25.1 Å². The van der Waals surface area contributed by atoms with Crippen LogP contribution in [0.2, 0.25) is 0 Å². The van der Waals surface area contributed by atoms with Crippen LogP contribution in [0.4, 0.5) is 0 Å². The molecule has 1 atom stereocenters. The smallest absolute Gasteiger partial charge is 0.107 e. The summed E-state index contributed by atoms with van der Waals surface area (Å²) < 4.78 is 10.6. The maximum Gasteiger partial charge on any atom is 0.107 e. The molecule has 0 spiro atoms. The van der Waals surface area contributed by atoms with E-state index in [2.05, 4.69) is 22.4 Å². The number of thiocarbonyl (C=S) groups is 1. The van der Waals surface area contributed by atoms with E-state index in [1.54, 1.807) is 6.26 Å². The molecule has 5 heteroatoms. The van der Waals surface area contributed by atoms with Gasteiger partial charge in [-0.2, -0.15) is 0 Å². The SMILES string of the molecule is C[S+]([O-])SCCCCN=C=S. The average molecular weight is 209 g/mol. The van der Waals surface area contributed by atoms with Crippen molar-refractivity contribution in [2.24, 2.45) is 4.99 Å². The van der Waals surface area contributed by atoms with Gasteiger partial charge >= 0.3 is 0 Å². The standard InChI is InChI=1S/C6H11NOS3/c1-11(8)10-5-3-2-4-7-6-9/h2-5H2,1H3. The van der Waals surface area contributed by atoms with Crippen molar-refractivity contribution in [1.82, 2.24) is 0 Å². The van der Waals surface area contributed by atoms with Crippen LogP contribution in [-0.2, 0) is 10.2 Å². The molecule has 0 rings (SSSR count). The minimum absolute atomic E-state index is 0.723. The third kappa shape index (κ3) is 10.5. The van der Waals surface area contributed by atoms with Gasteiger partial charge in [-0.3, -0.25) is 0 Å². The van der Waals surface area contributed by atoms with Crippen molar-refractivity contribution in [1.29, 1.82) is 0 Å². The molecule has 0 aliphatic heterocycles.